The predicted octanol–water partition coefficient (Wildman–Crippen LogP) is 0.0795. The zero-order valence-corrected chi connectivity index (χ0v) is 9.42. The maximum Gasteiger partial charge on any atom is 0.377 e. The van der Waals surface area contributed by atoms with Gasteiger partial charge in [-0.05, 0) is 0 Å². The average Bonchev–Trinajstić information content (AvgIpc) is 2.80. The first-order valence-electron chi connectivity index (χ1n) is 4.40. The third-order valence-corrected chi connectivity index (χ3v) is 2.09. The standard InChI is InChI=1S/C8H7ClN6O2/c1-17-7(16)5-12-3-15(14-5)6-4(9)2-11-8(10)13-6/h2-3H,1H3,(H2,10,11,13). The van der Waals surface area contributed by atoms with Crippen molar-refractivity contribution in [1.82, 2.24) is 24.7 Å². The van der Waals surface area contributed by atoms with Crippen molar-refractivity contribution in [3.63, 3.8) is 0 Å². The molecule has 0 aromatic carbocycles. The molecule has 2 aromatic rings. The van der Waals surface area contributed by atoms with Gasteiger partial charge in [0.1, 0.15) is 11.3 Å². The maximum atomic E-state index is 11.2. The van der Waals surface area contributed by atoms with E-state index in [-0.39, 0.29) is 22.6 Å². The lowest BCUT2D eigenvalue weighted by Crippen LogP contribution is -2.07. The number of methoxy groups -OCH3 is 1. The number of anilines is 1. The minimum absolute atomic E-state index is 0.0412. The number of carbonyl (C=O) groups excluding carboxylic acids is 1. The molecule has 0 fully saturated rings. The minimum atomic E-state index is -0.651. The van der Waals surface area contributed by atoms with Crippen molar-refractivity contribution in [2.75, 3.05) is 12.8 Å². The number of halogens is 1. The van der Waals surface area contributed by atoms with Gasteiger partial charge in [0.15, 0.2) is 5.82 Å². The van der Waals surface area contributed by atoms with E-state index in [9.17, 15) is 4.79 Å². The van der Waals surface area contributed by atoms with E-state index in [1.54, 1.807) is 0 Å². The highest BCUT2D eigenvalue weighted by atomic mass is 35.5. The van der Waals surface area contributed by atoms with Crippen LogP contribution in [0.5, 0.6) is 0 Å². The Morgan fingerprint density at radius 3 is 3.00 bits per heavy atom. The molecule has 0 atom stereocenters. The molecule has 0 bridgehead atoms. The number of nitrogen functional groups attached to an aromatic ring is 1. The molecule has 0 amide bonds. The van der Waals surface area contributed by atoms with Crippen LogP contribution < -0.4 is 5.73 Å². The summed E-state index contributed by atoms with van der Waals surface area (Å²) in [4.78, 5) is 22.5. The number of hydrogen-bond donors (Lipinski definition) is 1. The lowest BCUT2D eigenvalue weighted by Gasteiger charge is -2.01. The Morgan fingerprint density at radius 2 is 2.29 bits per heavy atom. The van der Waals surface area contributed by atoms with Gasteiger partial charge in [-0.15, -0.1) is 5.10 Å². The molecule has 17 heavy (non-hydrogen) atoms. The van der Waals surface area contributed by atoms with Crippen molar-refractivity contribution in [3.8, 4) is 5.82 Å². The summed E-state index contributed by atoms with van der Waals surface area (Å²) in [7, 11) is 1.23. The maximum absolute atomic E-state index is 11.2. The van der Waals surface area contributed by atoms with Gasteiger partial charge in [-0.3, -0.25) is 0 Å². The van der Waals surface area contributed by atoms with Crippen LogP contribution in [0.15, 0.2) is 12.5 Å². The largest absolute Gasteiger partial charge is 0.463 e. The molecule has 0 saturated carbocycles. The molecule has 0 saturated heterocycles. The van der Waals surface area contributed by atoms with Crippen molar-refractivity contribution in [2.24, 2.45) is 0 Å². The summed E-state index contributed by atoms with van der Waals surface area (Å²) < 4.78 is 5.69. The summed E-state index contributed by atoms with van der Waals surface area (Å²) in [5, 5.41) is 4.09. The van der Waals surface area contributed by atoms with Gasteiger partial charge in [0.25, 0.3) is 5.82 Å². The van der Waals surface area contributed by atoms with E-state index < -0.39 is 5.97 Å². The van der Waals surface area contributed by atoms with Crippen molar-refractivity contribution in [1.29, 1.82) is 0 Å². The SMILES string of the molecule is COC(=O)c1ncn(-c2nc(N)ncc2Cl)n1. The van der Waals surface area contributed by atoms with Crippen LogP contribution in [-0.2, 0) is 4.74 Å². The van der Waals surface area contributed by atoms with Crippen LogP contribution in [0.25, 0.3) is 5.82 Å². The van der Waals surface area contributed by atoms with Gasteiger partial charge in [0.05, 0.1) is 13.3 Å². The molecule has 2 N–H and O–H groups in total. The predicted molar refractivity (Wildman–Crippen MR) is 57.7 cm³/mol. The zero-order chi connectivity index (χ0) is 12.4. The molecule has 88 valence electrons. The Labute approximate surface area is 100 Å². The Balaban J connectivity index is 2.43. The van der Waals surface area contributed by atoms with E-state index in [1.165, 1.54) is 24.3 Å². The molecule has 0 radical (unpaired) electrons. The average molecular weight is 255 g/mol. The minimum Gasteiger partial charge on any atom is -0.463 e. The molecular formula is C8H7ClN6O2. The number of aromatic nitrogens is 5. The number of hydrogen-bond acceptors (Lipinski definition) is 7. The fourth-order valence-electron chi connectivity index (χ4n) is 1.08. The van der Waals surface area contributed by atoms with Crippen molar-refractivity contribution >= 4 is 23.5 Å². The van der Waals surface area contributed by atoms with Gasteiger partial charge >= 0.3 is 5.97 Å². The van der Waals surface area contributed by atoms with Gasteiger partial charge in [-0.2, -0.15) is 4.98 Å². The number of nitrogens with two attached hydrogens (primary N) is 1. The van der Waals surface area contributed by atoms with E-state index in [0.717, 1.165) is 0 Å². The molecule has 0 aliphatic heterocycles. The van der Waals surface area contributed by atoms with Crippen LogP contribution >= 0.6 is 11.6 Å². The summed E-state index contributed by atoms with van der Waals surface area (Å²) in [6.45, 7) is 0. The third kappa shape index (κ3) is 2.16. The summed E-state index contributed by atoms with van der Waals surface area (Å²) in [6.07, 6.45) is 2.61. The summed E-state index contributed by atoms with van der Waals surface area (Å²) >= 11 is 5.87. The molecule has 0 spiro atoms. The monoisotopic (exact) mass is 254 g/mol. The highest BCUT2D eigenvalue weighted by Gasteiger charge is 2.14. The number of carbonyl (C=O) groups is 1. The summed E-state index contributed by atoms with van der Waals surface area (Å²) in [6, 6.07) is 0. The molecule has 9 heteroatoms. The Hall–Kier alpha value is -2.22. The number of esters is 1. The van der Waals surface area contributed by atoms with Gasteiger partial charge in [0.2, 0.25) is 5.95 Å². The highest BCUT2D eigenvalue weighted by Crippen LogP contribution is 2.16. The molecule has 0 unspecified atom stereocenters. The summed E-state index contributed by atoms with van der Waals surface area (Å²) in [5.74, 6) is -0.469. The Bertz CT molecular complexity index is 569. The van der Waals surface area contributed by atoms with E-state index in [4.69, 9.17) is 17.3 Å². The van der Waals surface area contributed by atoms with E-state index in [0.29, 0.717) is 0 Å². The molecule has 0 aliphatic carbocycles. The molecule has 2 heterocycles. The van der Waals surface area contributed by atoms with Crippen LogP contribution in [0.3, 0.4) is 0 Å². The topological polar surface area (TPSA) is 109 Å². The van der Waals surface area contributed by atoms with Crippen LogP contribution in [0.2, 0.25) is 5.02 Å². The number of nitrogens with zero attached hydrogens (tertiary/aromatic N) is 5. The second-order valence-corrected chi connectivity index (χ2v) is 3.31. The highest BCUT2D eigenvalue weighted by molar-refractivity contribution is 6.32. The molecule has 0 aliphatic rings. The van der Waals surface area contributed by atoms with Crippen LogP contribution in [0.4, 0.5) is 5.95 Å². The van der Waals surface area contributed by atoms with E-state index in [1.807, 2.05) is 0 Å². The smallest absolute Gasteiger partial charge is 0.377 e. The normalized spacial score (nSPS) is 10.2. The fraction of sp³-hybridized carbons (Fsp3) is 0.125. The Kier molecular flexibility index (Phi) is 2.88. The lowest BCUT2D eigenvalue weighted by atomic mass is 10.6. The van der Waals surface area contributed by atoms with Crippen LogP contribution in [0, 0.1) is 0 Å². The van der Waals surface area contributed by atoms with Gasteiger partial charge < -0.3 is 10.5 Å². The van der Waals surface area contributed by atoms with Crippen molar-refractivity contribution in [3.05, 3.63) is 23.4 Å². The quantitative estimate of drug-likeness (QED) is 0.756. The van der Waals surface area contributed by atoms with E-state index >= 15 is 0 Å². The Morgan fingerprint density at radius 1 is 1.53 bits per heavy atom. The first-order chi connectivity index (χ1) is 8.11. The zero-order valence-electron chi connectivity index (χ0n) is 8.66. The van der Waals surface area contributed by atoms with Crippen LogP contribution in [-0.4, -0.2) is 37.8 Å². The second-order valence-electron chi connectivity index (χ2n) is 2.90. The third-order valence-electron chi connectivity index (χ3n) is 1.82. The number of ether oxygens (including phenoxy) is 1. The molecule has 8 nitrogen and oxygen atoms in total. The van der Waals surface area contributed by atoms with Gasteiger partial charge in [0, 0.05) is 0 Å². The molecule has 2 rings (SSSR count). The fourth-order valence-corrected chi connectivity index (χ4v) is 1.26. The number of rotatable bonds is 2. The van der Waals surface area contributed by atoms with Crippen molar-refractivity contribution in [2.45, 2.75) is 0 Å². The first-order valence-corrected chi connectivity index (χ1v) is 4.78. The van der Waals surface area contributed by atoms with Gasteiger partial charge in [-0.25, -0.2) is 19.4 Å². The van der Waals surface area contributed by atoms with Crippen LogP contribution in [0.1, 0.15) is 10.6 Å². The lowest BCUT2D eigenvalue weighted by molar-refractivity contribution is 0.0587. The first kappa shape index (κ1) is 11.3. The molecule has 2 aromatic heterocycles. The second kappa shape index (κ2) is 4.34. The van der Waals surface area contributed by atoms with Crippen molar-refractivity contribution < 1.29 is 9.53 Å². The summed E-state index contributed by atoms with van der Waals surface area (Å²) in [5.41, 5.74) is 5.42. The van der Waals surface area contributed by atoms with E-state index in [2.05, 4.69) is 24.8 Å². The van der Waals surface area contributed by atoms with Gasteiger partial charge in [-0.1, -0.05) is 11.6 Å². The molecular weight excluding hydrogens is 248 g/mol.